The first-order chi connectivity index (χ1) is 14.3. The Hall–Kier alpha value is -2.67. The summed E-state index contributed by atoms with van der Waals surface area (Å²) in [5, 5.41) is 22.2. The number of hydrogen-bond acceptors (Lipinski definition) is 7. The van der Waals surface area contributed by atoms with Crippen molar-refractivity contribution in [3.63, 3.8) is 0 Å². The third-order valence-electron chi connectivity index (χ3n) is 4.30. The Bertz CT molecular complexity index is 1150. The number of thioether (sulfide) groups is 1. The molecule has 0 saturated carbocycles. The van der Waals surface area contributed by atoms with E-state index in [0.717, 1.165) is 16.9 Å². The summed E-state index contributed by atoms with van der Waals surface area (Å²) < 4.78 is 1.92. The van der Waals surface area contributed by atoms with E-state index >= 15 is 0 Å². The summed E-state index contributed by atoms with van der Waals surface area (Å²) in [6.45, 7) is 5.76. The highest BCUT2D eigenvalue weighted by Gasteiger charge is 2.20. The molecule has 2 heterocycles. The fraction of sp³-hybridized carbons (Fsp3) is 0.250. The number of nitrogens with zero attached hydrogens (tertiary/aromatic N) is 4. The van der Waals surface area contributed by atoms with E-state index in [1.807, 2.05) is 23.6 Å². The molecule has 0 radical (unpaired) electrons. The minimum absolute atomic E-state index is 0.0932. The monoisotopic (exact) mass is 459 g/mol. The minimum Gasteiger partial charge on any atom is -0.316 e. The fourth-order valence-electron chi connectivity index (χ4n) is 2.86. The van der Waals surface area contributed by atoms with Gasteiger partial charge in [-0.1, -0.05) is 23.4 Å². The number of Topliss-reactive ketones (excluding diaryl/α,β-unsaturated/α-hetero) is 1. The van der Waals surface area contributed by atoms with E-state index in [1.165, 1.54) is 18.7 Å². The summed E-state index contributed by atoms with van der Waals surface area (Å²) in [7, 11) is 0. The molecule has 3 aromatic rings. The van der Waals surface area contributed by atoms with Crippen LogP contribution >= 0.6 is 34.7 Å². The van der Waals surface area contributed by atoms with E-state index < -0.39 is 0 Å². The van der Waals surface area contributed by atoms with Crippen molar-refractivity contribution in [2.24, 2.45) is 0 Å². The lowest BCUT2D eigenvalue weighted by Gasteiger charge is -2.07. The van der Waals surface area contributed by atoms with Crippen LogP contribution in [-0.2, 0) is 11.3 Å². The molecule has 30 heavy (non-hydrogen) atoms. The Morgan fingerprint density at radius 2 is 2.00 bits per heavy atom. The van der Waals surface area contributed by atoms with Gasteiger partial charge in [-0.3, -0.25) is 9.59 Å². The maximum atomic E-state index is 12.5. The molecule has 1 aromatic carbocycles. The van der Waals surface area contributed by atoms with Gasteiger partial charge in [0.2, 0.25) is 5.91 Å². The highest BCUT2D eigenvalue weighted by atomic mass is 35.5. The van der Waals surface area contributed by atoms with Crippen LogP contribution in [0.25, 0.3) is 11.4 Å². The predicted molar refractivity (Wildman–Crippen MR) is 119 cm³/mol. The Labute approximate surface area is 187 Å². The molecule has 0 saturated heterocycles. The Morgan fingerprint density at radius 1 is 1.30 bits per heavy atom. The molecule has 0 unspecified atom stereocenters. The number of nitrogens with one attached hydrogen (secondary N) is 1. The summed E-state index contributed by atoms with van der Waals surface area (Å²) in [5.41, 5.74) is 1.80. The lowest BCUT2D eigenvalue weighted by molar-refractivity contribution is -0.113. The number of nitriles is 1. The Kier molecular flexibility index (Phi) is 6.92. The van der Waals surface area contributed by atoms with E-state index in [9.17, 15) is 14.9 Å². The zero-order valence-electron chi connectivity index (χ0n) is 16.5. The first-order valence-electron chi connectivity index (χ1n) is 9.01. The highest BCUT2D eigenvalue weighted by molar-refractivity contribution is 7.99. The molecule has 1 N–H and O–H groups in total. The Morgan fingerprint density at radius 3 is 2.60 bits per heavy atom. The smallest absolute Gasteiger partial charge is 0.235 e. The van der Waals surface area contributed by atoms with E-state index in [1.54, 1.807) is 19.1 Å². The number of aromatic nitrogens is 3. The van der Waals surface area contributed by atoms with Gasteiger partial charge in [-0.2, -0.15) is 5.26 Å². The average molecular weight is 460 g/mol. The molecule has 3 rings (SSSR count). The molecule has 0 bridgehead atoms. The summed E-state index contributed by atoms with van der Waals surface area (Å²) in [6, 6.07) is 9.38. The van der Waals surface area contributed by atoms with Crippen molar-refractivity contribution in [2.45, 2.75) is 32.5 Å². The molecule has 0 aliphatic heterocycles. The van der Waals surface area contributed by atoms with Crippen LogP contribution in [0.5, 0.6) is 0 Å². The van der Waals surface area contributed by atoms with Gasteiger partial charge in [0.25, 0.3) is 0 Å². The summed E-state index contributed by atoms with van der Waals surface area (Å²) in [6.07, 6.45) is 0. The SMILES string of the molecule is CCn1c(SCC(=O)Nc2sc(C(C)=O)c(C)c2C#N)nnc1-c1ccc(Cl)cc1. The van der Waals surface area contributed by atoms with Crippen molar-refractivity contribution in [3.05, 3.63) is 45.3 Å². The van der Waals surface area contributed by atoms with Crippen LogP contribution in [0.1, 0.15) is 34.6 Å². The van der Waals surface area contributed by atoms with Crippen molar-refractivity contribution in [3.8, 4) is 17.5 Å². The first-order valence-corrected chi connectivity index (χ1v) is 11.2. The largest absolute Gasteiger partial charge is 0.316 e. The van der Waals surface area contributed by atoms with Gasteiger partial charge >= 0.3 is 0 Å². The van der Waals surface area contributed by atoms with E-state index in [4.69, 9.17) is 11.6 Å². The van der Waals surface area contributed by atoms with E-state index in [2.05, 4.69) is 21.6 Å². The number of halogens is 1. The number of benzene rings is 1. The van der Waals surface area contributed by atoms with Crippen LogP contribution in [0.4, 0.5) is 5.00 Å². The number of ketones is 1. The second-order valence-electron chi connectivity index (χ2n) is 6.32. The Balaban J connectivity index is 1.73. The molecule has 0 aliphatic carbocycles. The van der Waals surface area contributed by atoms with Gasteiger partial charge in [0.1, 0.15) is 11.1 Å². The second kappa shape index (κ2) is 9.43. The van der Waals surface area contributed by atoms with Crippen molar-refractivity contribution >= 4 is 51.4 Å². The van der Waals surface area contributed by atoms with Crippen molar-refractivity contribution in [2.75, 3.05) is 11.1 Å². The molecular formula is C20H18ClN5O2S2. The minimum atomic E-state index is -0.286. The van der Waals surface area contributed by atoms with Crippen molar-refractivity contribution in [1.29, 1.82) is 5.26 Å². The molecule has 7 nitrogen and oxygen atoms in total. The van der Waals surface area contributed by atoms with Gasteiger partial charge in [0.05, 0.1) is 16.2 Å². The predicted octanol–water partition coefficient (Wildman–Crippen LogP) is 4.79. The molecular weight excluding hydrogens is 442 g/mol. The van der Waals surface area contributed by atoms with Crippen LogP contribution < -0.4 is 5.32 Å². The maximum absolute atomic E-state index is 12.5. The quantitative estimate of drug-likeness (QED) is 0.402. The summed E-state index contributed by atoms with van der Waals surface area (Å²) in [4.78, 5) is 24.7. The van der Waals surface area contributed by atoms with Crippen LogP contribution in [0.2, 0.25) is 5.02 Å². The van der Waals surface area contributed by atoms with Gasteiger partial charge in [0.15, 0.2) is 16.8 Å². The molecule has 1 amide bonds. The van der Waals surface area contributed by atoms with Gasteiger partial charge < -0.3 is 9.88 Å². The van der Waals surface area contributed by atoms with Gasteiger partial charge in [0, 0.05) is 17.1 Å². The van der Waals surface area contributed by atoms with Crippen LogP contribution in [-0.4, -0.2) is 32.2 Å². The van der Waals surface area contributed by atoms with Gasteiger partial charge in [-0.15, -0.1) is 21.5 Å². The lowest BCUT2D eigenvalue weighted by Crippen LogP contribution is -2.14. The lowest BCUT2D eigenvalue weighted by atomic mass is 10.1. The first kappa shape index (κ1) is 22.0. The van der Waals surface area contributed by atoms with Crippen molar-refractivity contribution in [1.82, 2.24) is 14.8 Å². The van der Waals surface area contributed by atoms with Crippen LogP contribution in [0.3, 0.4) is 0 Å². The van der Waals surface area contributed by atoms with Crippen LogP contribution in [0, 0.1) is 18.3 Å². The molecule has 10 heteroatoms. The standard InChI is InChI=1S/C20H18ClN5O2S2/c1-4-26-18(13-5-7-14(21)8-6-13)24-25-20(26)29-10-16(28)23-19-15(9-22)11(2)17(30-19)12(3)27/h5-8H,4,10H2,1-3H3,(H,23,28). The van der Waals surface area contributed by atoms with Crippen molar-refractivity contribution < 1.29 is 9.59 Å². The van der Waals surface area contributed by atoms with Gasteiger partial charge in [-0.05, 0) is 50.6 Å². The number of rotatable bonds is 7. The molecule has 2 aromatic heterocycles. The highest BCUT2D eigenvalue weighted by Crippen LogP contribution is 2.33. The number of thiophene rings is 1. The molecule has 0 atom stereocenters. The number of carbonyl (C=O) groups is 2. The molecule has 154 valence electrons. The molecule has 0 spiro atoms. The number of carbonyl (C=O) groups excluding carboxylic acids is 2. The molecule has 0 aliphatic rings. The number of hydrogen-bond donors (Lipinski definition) is 1. The van der Waals surface area contributed by atoms with E-state index in [0.29, 0.717) is 43.6 Å². The topological polar surface area (TPSA) is 101 Å². The summed E-state index contributed by atoms with van der Waals surface area (Å²) >= 11 is 8.33. The normalized spacial score (nSPS) is 10.6. The fourth-order valence-corrected chi connectivity index (χ4v) is 4.85. The third-order valence-corrected chi connectivity index (χ3v) is 6.83. The second-order valence-corrected chi connectivity index (χ2v) is 8.72. The van der Waals surface area contributed by atoms with Crippen LogP contribution in [0.15, 0.2) is 29.4 Å². The summed E-state index contributed by atoms with van der Waals surface area (Å²) in [5.74, 6) is 0.376. The third kappa shape index (κ3) is 4.56. The number of amides is 1. The molecule has 0 fully saturated rings. The zero-order chi connectivity index (χ0) is 21.8. The van der Waals surface area contributed by atoms with E-state index in [-0.39, 0.29) is 17.4 Å². The maximum Gasteiger partial charge on any atom is 0.235 e. The number of anilines is 1. The zero-order valence-corrected chi connectivity index (χ0v) is 18.9. The average Bonchev–Trinajstić information content (AvgIpc) is 3.27. The van der Waals surface area contributed by atoms with Gasteiger partial charge in [-0.25, -0.2) is 0 Å².